The van der Waals surface area contributed by atoms with Gasteiger partial charge >= 0.3 is 14.2 Å². The van der Waals surface area contributed by atoms with Gasteiger partial charge in [-0.3, -0.25) is 4.57 Å². The van der Waals surface area contributed by atoms with Crippen LogP contribution in [0.25, 0.3) is 10.8 Å². The minimum Gasteiger partial charge on any atom is -0.435 e. The third kappa shape index (κ3) is 10.4. The van der Waals surface area contributed by atoms with Crippen LogP contribution in [0.1, 0.15) is 26.5 Å². The Balaban J connectivity index is 0.000000686. The Kier molecular flexibility index (Phi) is 14.5. The highest BCUT2D eigenvalue weighted by Crippen LogP contribution is 2.44. The Morgan fingerprint density at radius 1 is 1.26 bits per heavy atom. The maximum Gasteiger partial charge on any atom is 0.351 e. The number of nitrogens with two attached hydrogens (primary N) is 1. The molecule has 1 fully saturated rings. The first-order valence-corrected chi connectivity index (χ1v) is 14.0. The number of rotatable bonds is 10. The Morgan fingerprint density at radius 2 is 1.90 bits per heavy atom. The molecule has 2 heterocycles. The first kappa shape index (κ1) is 35.3. The number of hydrogen-bond donors (Lipinski definition) is 2. The summed E-state index contributed by atoms with van der Waals surface area (Å²) >= 11 is 5.88. The average molecular weight is 639 g/mol. The lowest BCUT2D eigenvalue weighted by Gasteiger charge is -2.22. The summed E-state index contributed by atoms with van der Waals surface area (Å²) in [4.78, 5) is 26.5. The molecule has 0 spiro atoms. The van der Waals surface area contributed by atoms with Gasteiger partial charge in [-0.15, -0.1) is 0 Å². The van der Waals surface area contributed by atoms with Crippen LogP contribution < -0.4 is 21.0 Å². The zero-order valence-corrected chi connectivity index (χ0v) is 24.7. The van der Waals surface area contributed by atoms with Crippen LogP contribution in [-0.4, -0.2) is 61.2 Å². The van der Waals surface area contributed by atoms with Crippen molar-refractivity contribution in [2.24, 2.45) is 0 Å². The van der Waals surface area contributed by atoms with Crippen LogP contribution in [0.2, 0.25) is 5.02 Å². The number of anilines is 1. The fourth-order valence-corrected chi connectivity index (χ4v) is 4.59. The van der Waals surface area contributed by atoms with Crippen LogP contribution in [0.5, 0.6) is 5.75 Å². The number of carbonyl (C=O) groups excluding carboxylic acids is 1. The molecule has 16 heteroatoms. The SMILES string of the molecule is COC(C)C.FCF.Nc1nc(=O)n(C2CC(F)(F)C(COP(NCC=O)Oc3cccc4ccccc34)O2)cc1Cl. The number of nitrogen functional groups attached to an aromatic ring is 1. The molecule has 232 valence electrons. The van der Waals surface area contributed by atoms with Crippen LogP contribution >= 0.6 is 20.1 Å². The first-order chi connectivity index (χ1) is 20.0. The van der Waals surface area contributed by atoms with Crippen molar-refractivity contribution in [3.8, 4) is 5.75 Å². The van der Waals surface area contributed by atoms with Gasteiger partial charge in [-0.2, -0.15) is 4.98 Å². The molecule has 0 bridgehead atoms. The lowest BCUT2D eigenvalue weighted by Crippen LogP contribution is -2.33. The molecule has 0 amide bonds. The van der Waals surface area contributed by atoms with Gasteiger partial charge < -0.3 is 29.0 Å². The second-order valence-corrected chi connectivity index (χ2v) is 10.4. The predicted octanol–water partition coefficient (Wildman–Crippen LogP) is 5.59. The number of aldehydes is 1. The molecule has 10 nitrogen and oxygen atoms in total. The molecule has 2 aromatic carbocycles. The van der Waals surface area contributed by atoms with Crippen molar-refractivity contribution in [1.82, 2.24) is 14.6 Å². The van der Waals surface area contributed by atoms with Crippen LogP contribution in [0, 0.1) is 0 Å². The number of halogens is 5. The zero-order chi connectivity index (χ0) is 31.3. The minimum absolute atomic E-state index is 0.0590. The lowest BCUT2D eigenvalue weighted by molar-refractivity contribution is -0.107. The van der Waals surface area contributed by atoms with Crippen molar-refractivity contribution in [3.63, 3.8) is 0 Å². The molecule has 1 saturated heterocycles. The molecule has 0 radical (unpaired) electrons. The van der Waals surface area contributed by atoms with E-state index in [1.54, 1.807) is 19.2 Å². The topological polar surface area (TPSA) is 127 Å². The van der Waals surface area contributed by atoms with Crippen LogP contribution in [0.4, 0.5) is 23.4 Å². The number of hydrogen-bond acceptors (Lipinski definition) is 9. The van der Waals surface area contributed by atoms with Gasteiger partial charge in [0.05, 0.1) is 30.7 Å². The van der Waals surface area contributed by atoms with Gasteiger partial charge in [0.2, 0.25) is 6.93 Å². The molecule has 1 aromatic heterocycles. The maximum absolute atomic E-state index is 14.7. The van der Waals surface area contributed by atoms with Crippen molar-refractivity contribution in [3.05, 3.63) is 64.2 Å². The molecule has 42 heavy (non-hydrogen) atoms. The minimum atomic E-state index is -3.32. The molecular formula is C26H32ClF4N4O6P. The van der Waals surface area contributed by atoms with Crippen molar-refractivity contribution < 1.29 is 40.9 Å². The average Bonchev–Trinajstić information content (AvgIpc) is 3.26. The Hall–Kier alpha value is -2.87. The number of ether oxygens (including phenoxy) is 2. The number of nitrogens with zero attached hydrogens (tertiary/aromatic N) is 2. The molecule has 0 saturated carbocycles. The van der Waals surface area contributed by atoms with Crippen molar-refractivity contribution in [1.29, 1.82) is 0 Å². The van der Waals surface area contributed by atoms with Crippen molar-refractivity contribution >= 4 is 43.0 Å². The van der Waals surface area contributed by atoms with E-state index in [4.69, 9.17) is 35.9 Å². The van der Waals surface area contributed by atoms with E-state index in [-0.39, 0.29) is 17.4 Å². The molecule has 0 aliphatic carbocycles. The molecule has 3 atom stereocenters. The normalized spacial score (nSPS) is 18.0. The molecule has 3 unspecified atom stereocenters. The summed E-state index contributed by atoms with van der Waals surface area (Å²) < 4.78 is 71.1. The number of methoxy groups -OCH3 is 1. The quantitative estimate of drug-likeness (QED) is 0.166. The monoisotopic (exact) mass is 638 g/mol. The smallest absolute Gasteiger partial charge is 0.351 e. The summed E-state index contributed by atoms with van der Waals surface area (Å²) in [6.07, 6.45) is -1.68. The number of benzene rings is 2. The van der Waals surface area contributed by atoms with Crippen molar-refractivity contribution in [2.45, 2.75) is 44.6 Å². The van der Waals surface area contributed by atoms with Gasteiger partial charge in [-0.25, -0.2) is 27.4 Å². The fraction of sp³-hybridized carbons (Fsp3) is 0.423. The molecular weight excluding hydrogens is 607 g/mol. The number of alkyl halides is 4. The van der Waals surface area contributed by atoms with Gasteiger partial charge in [0.25, 0.3) is 5.92 Å². The molecule has 1 aliphatic heterocycles. The largest absolute Gasteiger partial charge is 0.435 e. The Labute approximate surface area is 246 Å². The van der Waals surface area contributed by atoms with E-state index in [2.05, 4.69) is 10.1 Å². The number of fused-ring (bicyclic) bond motifs is 1. The molecule has 1 aliphatic rings. The highest BCUT2D eigenvalue weighted by atomic mass is 35.5. The summed E-state index contributed by atoms with van der Waals surface area (Å²) in [6.45, 7) is 1.59. The molecule has 4 rings (SSSR count). The van der Waals surface area contributed by atoms with E-state index < -0.39 is 52.4 Å². The van der Waals surface area contributed by atoms with E-state index in [1.807, 2.05) is 44.2 Å². The molecule has 3 aromatic rings. The zero-order valence-electron chi connectivity index (χ0n) is 23.0. The lowest BCUT2D eigenvalue weighted by atomic mass is 10.1. The third-order valence-corrected chi connectivity index (χ3v) is 7.01. The standard InChI is InChI=1S/C21H20ClF2N4O5P.C4H10O.CH2F2/c22-15-11-28(20(30)27-19(15)25)18-10-21(23,24)17(32-18)12-31-34(26-8-9-29)33-16-7-3-5-13-4-1-2-6-14(13)16;1-4(2)5-3;2-1-3/h1-7,9,11,17-18,26H,8,10,12H2,(H2,25,27,30);4H,1-3H3;1H2. The van der Waals surface area contributed by atoms with Gasteiger partial charge in [0, 0.05) is 18.7 Å². The van der Waals surface area contributed by atoms with E-state index in [9.17, 15) is 27.2 Å². The summed E-state index contributed by atoms with van der Waals surface area (Å²) in [5.41, 5.74) is 4.62. The highest BCUT2D eigenvalue weighted by Gasteiger charge is 2.51. The van der Waals surface area contributed by atoms with E-state index in [1.165, 1.54) is 0 Å². The second-order valence-electron chi connectivity index (χ2n) is 8.74. The Morgan fingerprint density at radius 3 is 2.55 bits per heavy atom. The maximum atomic E-state index is 14.7. The summed E-state index contributed by atoms with van der Waals surface area (Å²) in [5.74, 6) is -3.05. The van der Waals surface area contributed by atoms with E-state index in [0.717, 1.165) is 21.5 Å². The van der Waals surface area contributed by atoms with Crippen molar-refractivity contribution in [2.75, 3.05) is 32.9 Å². The van der Waals surface area contributed by atoms with Crippen LogP contribution in [0.3, 0.4) is 0 Å². The van der Waals surface area contributed by atoms with Gasteiger partial charge in [0.15, 0.2) is 0 Å². The van der Waals surface area contributed by atoms with Gasteiger partial charge in [0.1, 0.15) is 30.2 Å². The second kappa shape index (κ2) is 17.3. The fourth-order valence-electron chi connectivity index (χ4n) is 3.41. The number of carbonyl (C=O) groups is 1. The number of aromatic nitrogens is 2. The Bertz CT molecular complexity index is 1330. The van der Waals surface area contributed by atoms with Crippen LogP contribution in [0.15, 0.2) is 53.5 Å². The third-order valence-electron chi connectivity index (χ3n) is 5.53. The first-order valence-electron chi connectivity index (χ1n) is 12.4. The predicted molar refractivity (Wildman–Crippen MR) is 152 cm³/mol. The van der Waals surface area contributed by atoms with Crippen LogP contribution in [-0.2, 0) is 18.8 Å². The van der Waals surface area contributed by atoms with E-state index in [0.29, 0.717) is 18.1 Å². The van der Waals surface area contributed by atoms with Gasteiger partial charge in [-0.1, -0.05) is 48.0 Å². The number of nitrogens with one attached hydrogen (secondary N) is 1. The summed E-state index contributed by atoms with van der Waals surface area (Å²) in [7, 11) is -0.272. The molecule has 3 N–H and O–H groups in total. The highest BCUT2D eigenvalue weighted by molar-refractivity contribution is 7.45. The van der Waals surface area contributed by atoms with Gasteiger partial charge in [-0.05, 0) is 25.3 Å². The summed E-state index contributed by atoms with van der Waals surface area (Å²) in [5, 5.41) is 4.41. The van der Waals surface area contributed by atoms with E-state index >= 15 is 0 Å². The summed E-state index contributed by atoms with van der Waals surface area (Å²) in [6, 6.07) is 12.9.